The molecular weight excluding hydrogens is 282 g/mol. The predicted octanol–water partition coefficient (Wildman–Crippen LogP) is 1.39. The fourth-order valence-corrected chi connectivity index (χ4v) is 3.42. The molecule has 0 saturated carbocycles. The third-order valence-corrected chi connectivity index (χ3v) is 4.45. The number of pyridine rings is 1. The highest BCUT2D eigenvalue weighted by Crippen LogP contribution is 2.27. The second-order valence-corrected chi connectivity index (χ2v) is 5.81. The number of amides is 1. The second kappa shape index (κ2) is 5.01. The zero-order chi connectivity index (χ0) is 15.1. The van der Waals surface area contributed by atoms with Crippen LogP contribution in [0.1, 0.15) is 25.3 Å². The van der Waals surface area contributed by atoms with Gasteiger partial charge in [-0.05, 0) is 25.3 Å². The van der Waals surface area contributed by atoms with Crippen LogP contribution in [0.2, 0.25) is 0 Å². The van der Waals surface area contributed by atoms with Gasteiger partial charge in [-0.15, -0.1) is 0 Å². The molecule has 1 aliphatic rings. The lowest BCUT2D eigenvalue weighted by atomic mass is 10.1. The van der Waals surface area contributed by atoms with Gasteiger partial charge in [-0.3, -0.25) is 9.36 Å². The molecule has 0 unspecified atom stereocenters. The number of carbonyl (C=O) groups is 1. The first kappa shape index (κ1) is 13.1. The van der Waals surface area contributed by atoms with Crippen molar-refractivity contribution in [2.75, 3.05) is 13.1 Å². The van der Waals surface area contributed by atoms with Crippen molar-refractivity contribution in [1.29, 1.82) is 0 Å². The van der Waals surface area contributed by atoms with Gasteiger partial charge in [-0.2, -0.15) is 0 Å². The highest BCUT2D eigenvalue weighted by molar-refractivity contribution is 6.00. The molecule has 22 heavy (non-hydrogen) atoms. The molecule has 1 amide bonds. The molecule has 2 N–H and O–H groups in total. The van der Waals surface area contributed by atoms with Crippen LogP contribution < -0.4 is 5.69 Å². The lowest BCUT2D eigenvalue weighted by molar-refractivity contribution is -0.118. The van der Waals surface area contributed by atoms with Crippen LogP contribution >= 0.6 is 0 Å². The normalized spacial score (nSPS) is 19.6. The Morgan fingerprint density at radius 2 is 2.27 bits per heavy atom. The predicted molar refractivity (Wildman–Crippen MR) is 82.7 cm³/mol. The standard InChI is InChI=1S/C15H17N5O2/c21-9-19-6-2-1-3-10(8-19)20-13-11-4-5-16-14(11)17-7-12(13)18-15(20)22/h4-5,7,9-10H,1-3,6,8H2,(H,16,17)(H,18,22)/t10-/m1/s1. The average molecular weight is 299 g/mol. The van der Waals surface area contributed by atoms with Crippen molar-refractivity contribution in [3.05, 3.63) is 28.9 Å². The van der Waals surface area contributed by atoms with Crippen molar-refractivity contribution in [2.45, 2.75) is 25.3 Å². The summed E-state index contributed by atoms with van der Waals surface area (Å²) >= 11 is 0. The summed E-state index contributed by atoms with van der Waals surface area (Å²) in [6, 6.07) is 1.93. The molecule has 7 heteroatoms. The fraction of sp³-hybridized carbons (Fsp3) is 0.400. The summed E-state index contributed by atoms with van der Waals surface area (Å²) in [5.74, 6) is 0. The average Bonchev–Trinajstić information content (AvgIpc) is 3.03. The summed E-state index contributed by atoms with van der Waals surface area (Å²) in [7, 11) is 0. The Hall–Kier alpha value is -2.57. The van der Waals surface area contributed by atoms with E-state index in [0.29, 0.717) is 6.54 Å². The van der Waals surface area contributed by atoms with Gasteiger partial charge in [0.15, 0.2) is 0 Å². The Bertz CT molecular complexity index is 890. The Labute approximate surface area is 125 Å². The summed E-state index contributed by atoms with van der Waals surface area (Å²) in [6.07, 6.45) is 7.27. The molecule has 3 aromatic rings. The van der Waals surface area contributed by atoms with Gasteiger partial charge in [0.1, 0.15) is 5.65 Å². The molecule has 0 aliphatic carbocycles. The molecular formula is C15H17N5O2. The van der Waals surface area contributed by atoms with Crippen molar-refractivity contribution in [3.63, 3.8) is 0 Å². The van der Waals surface area contributed by atoms with Crippen LogP contribution in [0.25, 0.3) is 22.1 Å². The van der Waals surface area contributed by atoms with Crippen molar-refractivity contribution in [3.8, 4) is 0 Å². The van der Waals surface area contributed by atoms with E-state index in [2.05, 4.69) is 15.0 Å². The van der Waals surface area contributed by atoms with Crippen LogP contribution in [0.3, 0.4) is 0 Å². The number of hydrogen-bond acceptors (Lipinski definition) is 3. The number of hydrogen-bond donors (Lipinski definition) is 2. The molecule has 0 radical (unpaired) electrons. The Morgan fingerprint density at radius 1 is 1.36 bits per heavy atom. The van der Waals surface area contributed by atoms with Gasteiger partial charge in [-0.25, -0.2) is 9.78 Å². The monoisotopic (exact) mass is 299 g/mol. The van der Waals surface area contributed by atoms with E-state index in [9.17, 15) is 9.59 Å². The van der Waals surface area contributed by atoms with E-state index >= 15 is 0 Å². The van der Waals surface area contributed by atoms with Gasteiger partial charge in [0.2, 0.25) is 6.41 Å². The first-order chi connectivity index (χ1) is 10.8. The van der Waals surface area contributed by atoms with E-state index in [0.717, 1.165) is 54.3 Å². The number of aromatic nitrogens is 4. The molecule has 7 nitrogen and oxygen atoms in total. The highest BCUT2D eigenvalue weighted by Gasteiger charge is 2.23. The topological polar surface area (TPSA) is 86.8 Å². The molecule has 0 spiro atoms. The van der Waals surface area contributed by atoms with Crippen LogP contribution in [-0.2, 0) is 4.79 Å². The SMILES string of the molecule is O=CN1CCCC[C@@H](n2c(=O)[nH]c3cnc4[nH]ccc4c32)C1. The summed E-state index contributed by atoms with van der Waals surface area (Å²) < 4.78 is 1.80. The van der Waals surface area contributed by atoms with Gasteiger partial charge in [-0.1, -0.05) is 0 Å². The minimum absolute atomic E-state index is 0.00514. The van der Waals surface area contributed by atoms with E-state index in [1.807, 2.05) is 12.3 Å². The number of carbonyl (C=O) groups excluding carboxylic acids is 1. The molecule has 1 aliphatic heterocycles. The molecule has 0 bridgehead atoms. The van der Waals surface area contributed by atoms with Crippen LogP contribution in [0, 0.1) is 0 Å². The van der Waals surface area contributed by atoms with Crippen molar-refractivity contribution < 1.29 is 4.79 Å². The van der Waals surface area contributed by atoms with Crippen LogP contribution in [0.5, 0.6) is 0 Å². The van der Waals surface area contributed by atoms with E-state index in [1.54, 1.807) is 15.7 Å². The number of rotatable bonds is 2. The molecule has 4 rings (SSSR count). The lowest BCUT2D eigenvalue weighted by Crippen LogP contribution is -2.32. The van der Waals surface area contributed by atoms with Crippen molar-refractivity contribution >= 4 is 28.5 Å². The molecule has 0 aromatic carbocycles. The number of nitrogens with zero attached hydrogens (tertiary/aromatic N) is 3. The van der Waals surface area contributed by atoms with Crippen molar-refractivity contribution in [1.82, 2.24) is 24.4 Å². The Balaban J connectivity index is 1.93. The van der Waals surface area contributed by atoms with Crippen LogP contribution in [-0.4, -0.2) is 43.9 Å². The fourth-order valence-electron chi connectivity index (χ4n) is 3.42. The number of nitrogens with one attached hydrogen (secondary N) is 2. The zero-order valence-electron chi connectivity index (χ0n) is 12.1. The first-order valence-corrected chi connectivity index (χ1v) is 7.53. The molecule has 4 heterocycles. The van der Waals surface area contributed by atoms with E-state index < -0.39 is 0 Å². The van der Waals surface area contributed by atoms with E-state index in [-0.39, 0.29) is 11.7 Å². The van der Waals surface area contributed by atoms with Crippen LogP contribution in [0.15, 0.2) is 23.3 Å². The maximum absolute atomic E-state index is 12.5. The van der Waals surface area contributed by atoms with E-state index in [4.69, 9.17) is 0 Å². The first-order valence-electron chi connectivity index (χ1n) is 7.53. The minimum Gasteiger partial charge on any atom is -0.346 e. The number of aromatic amines is 2. The maximum atomic E-state index is 12.5. The Morgan fingerprint density at radius 3 is 3.14 bits per heavy atom. The molecule has 1 saturated heterocycles. The van der Waals surface area contributed by atoms with Crippen LogP contribution in [0.4, 0.5) is 0 Å². The van der Waals surface area contributed by atoms with Gasteiger partial charge < -0.3 is 14.9 Å². The van der Waals surface area contributed by atoms with Gasteiger partial charge in [0.25, 0.3) is 0 Å². The largest absolute Gasteiger partial charge is 0.346 e. The summed E-state index contributed by atoms with van der Waals surface area (Å²) in [6.45, 7) is 1.34. The van der Waals surface area contributed by atoms with E-state index in [1.165, 1.54) is 0 Å². The number of fused-ring (bicyclic) bond motifs is 3. The zero-order valence-corrected chi connectivity index (χ0v) is 12.1. The maximum Gasteiger partial charge on any atom is 0.326 e. The summed E-state index contributed by atoms with van der Waals surface area (Å²) in [5.41, 5.74) is 2.23. The third-order valence-electron chi connectivity index (χ3n) is 4.45. The van der Waals surface area contributed by atoms with Gasteiger partial charge in [0.05, 0.1) is 23.3 Å². The number of H-pyrrole nitrogens is 2. The number of imidazole rings is 1. The molecule has 114 valence electrons. The Kier molecular flexibility index (Phi) is 2.99. The quantitative estimate of drug-likeness (QED) is 0.701. The minimum atomic E-state index is -0.136. The highest BCUT2D eigenvalue weighted by atomic mass is 16.1. The molecule has 3 aromatic heterocycles. The van der Waals surface area contributed by atoms with Crippen molar-refractivity contribution in [2.24, 2.45) is 0 Å². The smallest absolute Gasteiger partial charge is 0.326 e. The second-order valence-electron chi connectivity index (χ2n) is 5.81. The lowest BCUT2D eigenvalue weighted by Gasteiger charge is -2.21. The summed E-state index contributed by atoms with van der Waals surface area (Å²) in [4.78, 5) is 35.7. The third kappa shape index (κ3) is 1.93. The van der Waals surface area contributed by atoms with Gasteiger partial charge in [0, 0.05) is 24.7 Å². The summed E-state index contributed by atoms with van der Waals surface area (Å²) in [5, 5.41) is 0.928. The number of likely N-dealkylation sites (tertiary alicyclic amines) is 1. The van der Waals surface area contributed by atoms with Gasteiger partial charge >= 0.3 is 5.69 Å². The molecule has 1 fully saturated rings. The molecule has 1 atom stereocenters.